The van der Waals surface area contributed by atoms with E-state index in [1.54, 1.807) is 0 Å². The molecule has 4 heteroatoms. The van der Waals surface area contributed by atoms with E-state index in [1.165, 1.54) is 19.3 Å². The third kappa shape index (κ3) is 3.73. The van der Waals surface area contributed by atoms with Crippen LogP contribution in [-0.2, 0) is 4.79 Å². The second kappa shape index (κ2) is 7.99. The Balaban J connectivity index is 1.98. The average molecular weight is 281 g/mol. The van der Waals surface area contributed by atoms with E-state index in [-0.39, 0.29) is 6.04 Å². The van der Waals surface area contributed by atoms with Crippen molar-refractivity contribution in [3.63, 3.8) is 0 Å². The van der Waals surface area contributed by atoms with Crippen molar-refractivity contribution >= 4 is 5.91 Å². The fourth-order valence-electron chi connectivity index (χ4n) is 3.71. The number of carbonyl (C=O) groups excluding carboxylic acids is 1. The van der Waals surface area contributed by atoms with Crippen molar-refractivity contribution in [3.8, 4) is 0 Å². The van der Waals surface area contributed by atoms with Crippen LogP contribution >= 0.6 is 0 Å². The monoisotopic (exact) mass is 281 g/mol. The van der Waals surface area contributed by atoms with Gasteiger partial charge in [-0.3, -0.25) is 9.69 Å². The van der Waals surface area contributed by atoms with E-state index in [0.717, 1.165) is 52.0 Å². The summed E-state index contributed by atoms with van der Waals surface area (Å²) in [6.45, 7) is 9.50. The highest BCUT2D eigenvalue weighted by Crippen LogP contribution is 2.25. The normalized spacial score (nSPS) is 25.0. The van der Waals surface area contributed by atoms with Crippen LogP contribution in [0.1, 0.15) is 52.4 Å². The second-order valence-corrected chi connectivity index (χ2v) is 6.20. The lowest BCUT2D eigenvalue weighted by atomic mass is 10.0. The highest BCUT2D eigenvalue weighted by atomic mass is 16.2. The number of rotatable bonds is 6. The molecule has 1 amide bonds. The van der Waals surface area contributed by atoms with Gasteiger partial charge in [0.15, 0.2) is 0 Å². The van der Waals surface area contributed by atoms with Gasteiger partial charge in [-0.15, -0.1) is 0 Å². The molecule has 1 unspecified atom stereocenters. The maximum absolute atomic E-state index is 12.8. The summed E-state index contributed by atoms with van der Waals surface area (Å²) in [5.74, 6) is 0.393. The quantitative estimate of drug-likeness (QED) is 0.807. The number of nitrogens with one attached hydrogen (secondary N) is 1. The fourth-order valence-corrected chi connectivity index (χ4v) is 3.71. The van der Waals surface area contributed by atoms with Gasteiger partial charge in [0, 0.05) is 19.1 Å². The first kappa shape index (κ1) is 15.8. The summed E-state index contributed by atoms with van der Waals surface area (Å²) in [5.41, 5.74) is 0. The summed E-state index contributed by atoms with van der Waals surface area (Å²) >= 11 is 0. The Hall–Kier alpha value is -0.610. The molecule has 0 aromatic rings. The second-order valence-electron chi connectivity index (χ2n) is 6.20. The minimum Gasteiger partial charge on any atom is -0.341 e. The molecule has 1 atom stereocenters. The molecule has 116 valence electrons. The van der Waals surface area contributed by atoms with Crippen LogP contribution in [0.4, 0.5) is 0 Å². The minimum atomic E-state index is 0.163. The number of hydrogen-bond acceptors (Lipinski definition) is 3. The minimum absolute atomic E-state index is 0.163. The molecule has 20 heavy (non-hydrogen) atoms. The lowest BCUT2D eigenvalue weighted by molar-refractivity contribution is -0.137. The summed E-state index contributed by atoms with van der Waals surface area (Å²) in [5, 5.41) is 3.42. The molecule has 2 heterocycles. The molecule has 0 saturated carbocycles. The van der Waals surface area contributed by atoms with Gasteiger partial charge in [0.25, 0.3) is 0 Å². The van der Waals surface area contributed by atoms with Gasteiger partial charge in [0.1, 0.15) is 0 Å². The maximum atomic E-state index is 12.8. The van der Waals surface area contributed by atoms with E-state index in [1.807, 2.05) is 0 Å². The predicted molar refractivity (Wildman–Crippen MR) is 82.8 cm³/mol. The van der Waals surface area contributed by atoms with Crippen LogP contribution in [0, 0.1) is 0 Å². The van der Waals surface area contributed by atoms with E-state index in [2.05, 4.69) is 29.0 Å². The molecule has 0 spiro atoms. The molecule has 0 aliphatic carbocycles. The fraction of sp³-hybridized carbons (Fsp3) is 0.938. The van der Waals surface area contributed by atoms with Crippen molar-refractivity contribution in [3.05, 3.63) is 0 Å². The Labute approximate surface area is 123 Å². The topological polar surface area (TPSA) is 35.6 Å². The Kier molecular flexibility index (Phi) is 6.30. The molecule has 2 fully saturated rings. The molecule has 0 bridgehead atoms. The van der Waals surface area contributed by atoms with Crippen molar-refractivity contribution < 1.29 is 4.79 Å². The molecule has 2 saturated heterocycles. The highest BCUT2D eigenvalue weighted by Gasteiger charge is 2.37. The average Bonchev–Trinajstić information content (AvgIpc) is 2.96. The Morgan fingerprint density at radius 3 is 2.40 bits per heavy atom. The van der Waals surface area contributed by atoms with E-state index in [0.29, 0.717) is 11.9 Å². The number of amides is 1. The lowest BCUT2D eigenvalue weighted by Crippen LogP contribution is -2.52. The van der Waals surface area contributed by atoms with E-state index in [4.69, 9.17) is 0 Å². The first-order valence-corrected chi connectivity index (χ1v) is 8.53. The highest BCUT2D eigenvalue weighted by molar-refractivity contribution is 5.82. The Morgan fingerprint density at radius 1 is 1.15 bits per heavy atom. The summed E-state index contributed by atoms with van der Waals surface area (Å²) < 4.78 is 0. The number of piperidine rings is 1. The number of nitrogens with zero attached hydrogens (tertiary/aromatic N) is 2. The molecule has 2 aliphatic rings. The molecule has 2 aliphatic heterocycles. The van der Waals surface area contributed by atoms with Crippen LogP contribution in [0.25, 0.3) is 0 Å². The van der Waals surface area contributed by atoms with Gasteiger partial charge in [0.05, 0.1) is 6.04 Å². The van der Waals surface area contributed by atoms with Crippen molar-refractivity contribution in [1.29, 1.82) is 0 Å². The van der Waals surface area contributed by atoms with E-state index < -0.39 is 0 Å². The van der Waals surface area contributed by atoms with Gasteiger partial charge in [0.2, 0.25) is 5.91 Å². The van der Waals surface area contributed by atoms with Gasteiger partial charge >= 0.3 is 0 Å². The Bertz CT molecular complexity index is 296. The van der Waals surface area contributed by atoms with Gasteiger partial charge in [-0.2, -0.15) is 0 Å². The zero-order chi connectivity index (χ0) is 14.4. The molecule has 0 radical (unpaired) electrons. The Morgan fingerprint density at radius 2 is 1.80 bits per heavy atom. The molecular weight excluding hydrogens is 250 g/mol. The summed E-state index contributed by atoms with van der Waals surface area (Å²) in [4.78, 5) is 17.5. The molecule has 2 rings (SSSR count). The number of hydrogen-bond donors (Lipinski definition) is 1. The zero-order valence-corrected chi connectivity index (χ0v) is 13.2. The van der Waals surface area contributed by atoms with Crippen LogP contribution in [0.3, 0.4) is 0 Å². The van der Waals surface area contributed by atoms with Crippen molar-refractivity contribution in [1.82, 2.24) is 15.1 Å². The van der Waals surface area contributed by atoms with Gasteiger partial charge in [-0.1, -0.05) is 13.8 Å². The SMILES string of the molecule is CCCN(CCC)C(=O)C1CCCN1C1CCNCC1. The van der Waals surface area contributed by atoms with E-state index >= 15 is 0 Å². The van der Waals surface area contributed by atoms with Crippen LogP contribution in [0.15, 0.2) is 0 Å². The number of carbonyl (C=O) groups is 1. The molecule has 0 aromatic heterocycles. The molecule has 1 N–H and O–H groups in total. The molecule has 0 aromatic carbocycles. The standard InChI is InChI=1S/C16H31N3O/c1-3-11-18(12-4-2)16(20)15-6-5-13-19(15)14-7-9-17-10-8-14/h14-15,17H,3-13H2,1-2H3. The van der Waals surface area contributed by atoms with Crippen molar-refractivity contribution in [2.24, 2.45) is 0 Å². The summed E-state index contributed by atoms with van der Waals surface area (Å²) in [6.07, 6.45) is 6.77. The maximum Gasteiger partial charge on any atom is 0.239 e. The predicted octanol–water partition coefficient (Wildman–Crippen LogP) is 1.85. The van der Waals surface area contributed by atoms with E-state index in [9.17, 15) is 4.79 Å². The smallest absolute Gasteiger partial charge is 0.239 e. The van der Waals surface area contributed by atoms with Gasteiger partial charge in [-0.25, -0.2) is 0 Å². The summed E-state index contributed by atoms with van der Waals surface area (Å²) in [7, 11) is 0. The van der Waals surface area contributed by atoms with Crippen LogP contribution in [0.2, 0.25) is 0 Å². The third-order valence-electron chi connectivity index (χ3n) is 4.66. The van der Waals surface area contributed by atoms with Crippen LogP contribution < -0.4 is 5.32 Å². The van der Waals surface area contributed by atoms with Gasteiger partial charge < -0.3 is 10.2 Å². The van der Waals surface area contributed by atoms with Crippen molar-refractivity contribution in [2.75, 3.05) is 32.7 Å². The zero-order valence-electron chi connectivity index (χ0n) is 13.2. The first-order valence-electron chi connectivity index (χ1n) is 8.53. The lowest BCUT2D eigenvalue weighted by Gasteiger charge is -2.37. The van der Waals surface area contributed by atoms with Crippen LogP contribution in [0.5, 0.6) is 0 Å². The third-order valence-corrected chi connectivity index (χ3v) is 4.66. The molecular formula is C16H31N3O. The van der Waals surface area contributed by atoms with Gasteiger partial charge in [-0.05, 0) is 58.2 Å². The summed E-state index contributed by atoms with van der Waals surface area (Å²) in [6, 6.07) is 0.786. The van der Waals surface area contributed by atoms with Crippen LogP contribution in [-0.4, -0.2) is 60.5 Å². The first-order chi connectivity index (χ1) is 9.77. The largest absolute Gasteiger partial charge is 0.341 e. The molecule has 4 nitrogen and oxygen atoms in total. The van der Waals surface area contributed by atoms with Crippen molar-refractivity contribution in [2.45, 2.75) is 64.5 Å². The number of likely N-dealkylation sites (tertiary alicyclic amines) is 1.